The maximum absolute atomic E-state index is 12.7. The van der Waals surface area contributed by atoms with Gasteiger partial charge in [0.25, 0.3) is 11.8 Å². The second-order valence-corrected chi connectivity index (χ2v) is 8.29. The monoisotopic (exact) mass is 463 g/mol. The van der Waals surface area contributed by atoms with Crippen molar-refractivity contribution >= 4 is 39.2 Å². The zero-order chi connectivity index (χ0) is 24.2. The summed E-state index contributed by atoms with van der Waals surface area (Å²) in [5.74, 6) is 0.147. The molecule has 2 N–H and O–H groups in total. The second-order valence-electron chi connectivity index (χ2n) is 8.29. The fourth-order valence-corrected chi connectivity index (χ4v) is 4.20. The highest BCUT2D eigenvalue weighted by atomic mass is 16.7. The van der Waals surface area contributed by atoms with Crippen LogP contribution in [0.4, 0.5) is 5.69 Å². The molecule has 0 unspecified atom stereocenters. The SMILES string of the molecule is CC(=O)N(Oc1cccc2ccccc12)c1ccc(C(=O)NCCc2cccc3[nH]ccc23)cc1. The Morgan fingerprint density at radius 3 is 2.46 bits per heavy atom. The molecule has 4 aromatic carbocycles. The molecule has 1 heterocycles. The highest BCUT2D eigenvalue weighted by Gasteiger charge is 2.16. The van der Waals surface area contributed by atoms with Gasteiger partial charge in [-0.25, -0.2) is 0 Å². The minimum atomic E-state index is -0.269. The molecule has 0 bridgehead atoms. The predicted octanol–water partition coefficient (Wildman–Crippen LogP) is 5.64. The predicted molar refractivity (Wildman–Crippen MR) is 139 cm³/mol. The number of carbonyl (C=O) groups excluding carboxylic acids is 2. The normalized spacial score (nSPS) is 10.9. The highest BCUT2D eigenvalue weighted by molar-refractivity contribution is 5.96. The molecule has 6 heteroatoms. The summed E-state index contributed by atoms with van der Waals surface area (Å²) in [5.41, 5.74) is 3.33. The summed E-state index contributed by atoms with van der Waals surface area (Å²) in [6.07, 6.45) is 2.65. The van der Waals surface area contributed by atoms with E-state index < -0.39 is 0 Å². The van der Waals surface area contributed by atoms with E-state index in [9.17, 15) is 9.59 Å². The molecule has 0 atom stereocenters. The van der Waals surface area contributed by atoms with Gasteiger partial charge in [0.1, 0.15) is 0 Å². The topological polar surface area (TPSA) is 74.4 Å². The van der Waals surface area contributed by atoms with Gasteiger partial charge in [-0.3, -0.25) is 9.59 Å². The van der Waals surface area contributed by atoms with E-state index in [2.05, 4.69) is 16.4 Å². The van der Waals surface area contributed by atoms with Gasteiger partial charge < -0.3 is 15.1 Å². The van der Waals surface area contributed by atoms with Crippen molar-refractivity contribution in [2.75, 3.05) is 11.6 Å². The van der Waals surface area contributed by atoms with E-state index in [0.29, 0.717) is 23.5 Å². The van der Waals surface area contributed by atoms with Crippen molar-refractivity contribution in [3.8, 4) is 5.75 Å². The zero-order valence-corrected chi connectivity index (χ0v) is 19.3. The lowest BCUT2D eigenvalue weighted by Crippen LogP contribution is -2.32. The number of H-pyrrole nitrogens is 1. The molecular formula is C29H25N3O3. The van der Waals surface area contributed by atoms with E-state index >= 15 is 0 Å². The highest BCUT2D eigenvalue weighted by Crippen LogP contribution is 2.28. The molecule has 0 saturated carbocycles. The maximum Gasteiger partial charge on any atom is 0.256 e. The molecular weight excluding hydrogens is 438 g/mol. The number of nitrogens with one attached hydrogen (secondary N) is 2. The number of rotatable bonds is 7. The lowest BCUT2D eigenvalue weighted by Gasteiger charge is -2.22. The van der Waals surface area contributed by atoms with Crippen LogP contribution in [-0.4, -0.2) is 23.3 Å². The number of benzene rings is 4. The van der Waals surface area contributed by atoms with Crippen molar-refractivity contribution in [1.82, 2.24) is 10.3 Å². The van der Waals surface area contributed by atoms with E-state index in [4.69, 9.17) is 4.84 Å². The molecule has 0 saturated heterocycles. The van der Waals surface area contributed by atoms with Gasteiger partial charge >= 0.3 is 0 Å². The number of nitrogens with zero attached hydrogens (tertiary/aromatic N) is 1. The number of aromatic amines is 1. The summed E-state index contributed by atoms with van der Waals surface area (Å²) in [7, 11) is 0. The molecule has 0 aliphatic carbocycles. The third-order valence-corrected chi connectivity index (χ3v) is 5.95. The summed E-state index contributed by atoms with van der Waals surface area (Å²) in [4.78, 5) is 34.2. The van der Waals surface area contributed by atoms with Crippen LogP contribution in [-0.2, 0) is 11.2 Å². The van der Waals surface area contributed by atoms with Gasteiger partial charge in [-0.2, -0.15) is 0 Å². The Balaban J connectivity index is 1.26. The standard InChI is InChI=1S/C29H25N3O3/c1-20(33)32(35-28-11-5-8-21-6-2-3-9-26(21)28)24-14-12-23(13-15-24)29(34)31-18-16-22-7-4-10-27-25(22)17-19-30-27/h2-15,17,19,30H,16,18H2,1H3,(H,31,34). The van der Waals surface area contributed by atoms with Gasteiger partial charge in [-0.1, -0.05) is 48.5 Å². The van der Waals surface area contributed by atoms with Crippen LogP contribution in [0.15, 0.2) is 97.2 Å². The Kier molecular flexibility index (Phi) is 6.18. The van der Waals surface area contributed by atoms with Crippen LogP contribution in [0.3, 0.4) is 0 Å². The first-order valence-corrected chi connectivity index (χ1v) is 11.5. The fourth-order valence-electron chi connectivity index (χ4n) is 4.20. The van der Waals surface area contributed by atoms with Gasteiger partial charge in [0.2, 0.25) is 0 Å². The molecule has 6 nitrogen and oxygen atoms in total. The van der Waals surface area contributed by atoms with Crippen LogP contribution < -0.4 is 15.2 Å². The Labute approximate surface area is 203 Å². The first-order valence-electron chi connectivity index (χ1n) is 11.5. The van der Waals surface area contributed by atoms with Crippen LogP contribution in [0.1, 0.15) is 22.8 Å². The number of hydrogen-bond acceptors (Lipinski definition) is 3. The Morgan fingerprint density at radius 2 is 1.63 bits per heavy atom. The van der Waals surface area contributed by atoms with Crippen LogP contribution in [0, 0.1) is 0 Å². The summed E-state index contributed by atoms with van der Waals surface area (Å²) in [6, 6.07) is 28.5. The van der Waals surface area contributed by atoms with Crippen molar-refractivity contribution in [3.63, 3.8) is 0 Å². The number of anilines is 1. The number of hydrogen-bond donors (Lipinski definition) is 2. The van der Waals surface area contributed by atoms with Crippen LogP contribution in [0.25, 0.3) is 21.7 Å². The Bertz CT molecular complexity index is 1500. The average molecular weight is 464 g/mol. The van der Waals surface area contributed by atoms with E-state index in [1.807, 2.05) is 66.9 Å². The zero-order valence-electron chi connectivity index (χ0n) is 19.3. The smallest absolute Gasteiger partial charge is 0.256 e. The first-order chi connectivity index (χ1) is 17.1. The Morgan fingerprint density at radius 1 is 0.857 bits per heavy atom. The van der Waals surface area contributed by atoms with Gasteiger partial charge in [-0.15, -0.1) is 5.06 Å². The van der Waals surface area contributed by atoms with Crippen molar-refractivity contribution in [1.29, 1.82) is 0 Å². The van der Waals surface area contributed by atoms with Crippen molar-refractivity contribution < 1.29 is 14.4 Å². The maximum atomic E-state index is 12.7. The third kappa shape index (κ3) is 4.73. The number of aromatic nitrogens is 1. The second kappa shape index (κ2) is 9.73. The van der Waals surface area contributed by atoms with Crippen LogP contribution >= 0.6 is 0 Å². The molecule has 0 aliphatic heterocycles. The van der Waals surface area contributed by atoms with Gasteiger partial charge in [-0.05, 0) is 59.8 Å². The van der Waals surface area contributed by atoms with E-state index in [-0.39, 0.29) is 11.8 Å². The number of fused-ring (bicyclic) bond motifs is 2. The molecule has 0 radical (unpaired) electrons. The summed E-state index contributed by atoms with van der Waals surface area (Å²) in [5, 5.41) is 7.31. The molecule has 35 heavy (non-hydrogen) atoms. The molecule has 5 aromatic rings. The third-order valence-electron chi connectivity index (χ3n) is 5.95. The first kappa shape index (κ1) is 22.2. The number of amides is 2. The lowest BCUT2D eigenvalue weighted by atomic mass is 10.1. The molecule has 174 valence electrons. The minimum absolute atomic E-state index is 0.165. The van der Waals surface area contributed by atoms with Crippen LogP contribution in [0.2, 0.25) is 0 Å². The van der Waals surface area contributed by atoms with E-state index in [0.717, 1.165) is 22.7 Å². The molecule has 0 spiro atoms. The minimum Gasteiger partial charge on any atom is -0.371 e. The lowest BCUT2D eigenvalue weighted by molar-refractivity contribution is -0.120. The summed E-state index contributed by atoms with van der Waals surface area (Å²) in [6.45, 7) is 1.96. The molecule has 0 aliphatic rings. The molecule has 0 fully saturated rings. The summed E-state index contributed by atoms with van der Waals surface area (Å²) >= 11 is 0. The molecule has 5 rings (SSSR count). The molecule has 2 amide bonds. The van der Waals surface area contributed by atoms with Gasteiger partial charge in [0, 0.05) is 41.5 Å². The fraction of sp³-hybridized carbons (Fsp3) is 0.103. The van der Waals surface area contributed by atoms with Gasteiger partial charge in [0.15, 0.2) is 5.75 Å². The quantitative estimate of drug-likeness (QED) is 0.307. The van der Waals surface area contributed by atoms with E-state index in [1.165, 1.54) is 22.9 Å². The van der Waals surface area contributed by atoms with Crippen molar-refractivity contribution in [3.05, 3.63) is 108 Å². The van der Waals surface area contributed by atoms with Crippen molar-refractivity contribution in [2.24, 2.45) is 0 Å². The number of carbonyl (C=O) groups is 2. The van der Waals surface area contributed by atoms with Crippen LogP contribution in [0.5, 0.6) is 5.75 Å². The van der Waals surface area contributed by atoms with E-state index in [1.54, 1.807) is 24.3 Å². The van der Waals surface area contributed by atoms with Crippen molar-refractivity contribution in [2.45, 2.75) is 13.3 Å². The average Bonchev–Trinajstić information content (AvgIpc) is 3.37. The number of hydroxylamine groups is 1. The molecule has 1 aromatic heterocycles. The van der Waals surface area contributed by atoms with Gasteiger partial charge in [0.05, 0.1) is 5.69 Å². The largest absolute Gasteiger partial charge is 0.371 e. The Hall–Kier alpha value is -4.58. The summed E-state index contributed by atoms with van der Waals surface area (Å²) < 4.78 is 0.